The highest BCUT2D eigenvalue weighted by Crippen LogP contribution is 2.61. The highest BCUT2D eigenvalue weighted by molar-refractivity contribution is 5.99. The van der Waals surface area contributed by atoms with Crippen molar-refractivity contribution in [2.45, 2.75) is 38.5 Å². The molecule has 0 spiro atoms. The van der Waals surface area contributed by atoms with Crippen molar-refractivity contribution < 1.29 is 27.8 Å². The largest absolute Gasteiger partial charge is 0.490 e. The van der Waals surface area contributed by atoms with E-state index in [-0.39, 0.29) is 13.0 Å². The Balaban J connectivity index is 1.55. The number of hydrogen-bond donors (Lipinski definition) is 2. The van der Waals surface area contributed by atoms with Gasteiger partial charge in [0, 0.05) is 17.7 Å². The average molecular weight is 432 g/mol. The summed E-state index contributed by atoms with van der Waals surface area (Å²) in [7, 11) is 0. The second kappa shape index (κ2) is 8.91. The van der Waals surface area contributed by atoms with Gasteiger partial charge >= 0.3 is 0 Å². The van der Waals surface area contributed by atoms with Gasteiger partial charge in [0.15, 0.2) is 11.5 Å². The van der Waals surface area contributed by atoms with Crippen molar-refractivity contribution in [3.63, 3.8) is 0 Å². The van der Waals surface area contributed by atoms with Crippen molar-refractivity contribution in [1.82, 2.24) is 5.32 Å². The van der Waals surface area contributed by atoms with Gasteiger partial charge in [0.1, 0.15) is 0 Å². The quantitative estimate of drug-likeness (QED) is 0.624. The van der Waals surface area contributed by atoms with Crippen molar-refractivity contribution in [3.8, 4) is 11.5 Å². The van der Waals surface area contributed by atoms with Crippen LogP contribution in [0.5, 0.6) is 11.5 Å². The van der Waals surface area contributed by atoms with E-state index in [1.807, 2.05) is 13.8 Å². The predicted molar refractivity (Wildman–Crippen MR) is 113 cm³/mol. The van der Waals surface area contributed by atoms with Gasteiger partial charge in [-0.15, -0.1) is 0 Å². The maximum absolute atomic E-state index is 13.5. The molecule has 166 valence electrons. The lowest BCUT2D eigenvalue weighted by molar-refractivity contribution is -0.115. The van der Waals surface area contributed by atoms with Gasteiger partial charge in [-0.2, -0.15) is 0 Å². The standard InChI is InChI=1S/C23H26F2N2O4/c1-4-30-18-11-6-15(12-19(18)31-5-2)21(29)26-13-20(28)27-17-9-7-16(8-10-17)22(3)14-23(22,24)25/h6-12H,4-5,13-14H2,1-3H3,(H,26,29)(H,27,28). The molecule has 1 fully saturated rings. The third-order valence-corrected chi connectivity index (χ3v) is 5.28. The van der Waals surface area contributed by atoms with E-state index < -0.39 is 23.2 Å². The fourth-order valence-corrected chi connectivity index (χ4v) is 3.29. The van der Waals surface area contributed by atoms with Crippen LogP contribution in [0.4, 0.5) is 14.5 Å². The first-order chi connectivity index (χ1) is 14.7. The molecule has 1 aliphatic rings. The van der Waals surface area contributed by atoms with E-state index >= 15 is 0 Å². The van der Waals surface area contributed by atoms with Gasteiger partial charge in [-0.3, -0.25) is 9.59 Å². The Kier molecular flexibility index (Phi) is 6.48. The molecule has 3 rings (SSSR count). The van der Waals surface area contributed by atoms with Gasteiger partial charge in [0.25, 0.3) is 11.8 Å². The average Bonchev–Trinajstić information content (AvgIpc) is 3.26. The van der Waals surface area contributed by atoms with Gasteiger partial charge in [0.2, 0.25) is 5.91 Å². The lowest BCUT2D eigenvalue weighted by Gasteiger charge is -2.13. The highest BCUT2D eigenvalue weighted by atomic mass is 19.3. The molecule has 8 heteroatoms. The predicted octanol–water partition coefficient (Wildman–Crippen LogP) is 4.15. The number of anilines is 1. The Morgan fingerprint density at radius 1 is 1.00 bits per heavy atom. The van der Waals surface area contributed by atoms with E-state index in [1.54, 1.807) is 42.5 Å². The number of rotatable bonds is 9. The first-order valence-electron chi connectivity index (χ1n) is 10.2. The number of hydrogen-bond acceptors (Lipinski definition) is 4. The molecule has 1 atom stereocenters. The van der Waals surface area contributed by atoms with Crippen LogP contribution < -0.4 is 20.1 Å². The molecule has 31 heavy (non-hydrogen) atoms. The van der Waals surface area contributed by atoms with Gasteiger partial charge in [-0.1, -0.05) is 12.1 Å². The summed E-state index contributed by atoms with van der Waals surface area (Å²) in [5.74, 6) is -2.56. The molecular weight excluding hydrogens is 406 g/mol. The fraction of sp³-hybridized carbons (Fsp3) is 0.391. The second-order valence-corrected chi connectivity index (χ2v) is 7.55. The van der Waals surface area contributed by atoms with Crippen molar-refractivity contribution >= 4 is 17.5 Å². The lowest BCUT2D eigenvalue weighted by Crippen LogP contribution is -2.32. The number of ether oxygens (including phenoxy) is 2. The highest BCUT2D eigenvalue weighted by Gasteiger charge is 2.68. The zero-order chi connectivity index (χ0) is 22.6. The number of halogens is 2. The van der Waals surface area contributed by atoms with E-state index in [4.69, 9.17) is 9.47 Å². The van der Waals surface area contributed by atoms with Crippen LogP contribution in [0.15, 0.2) is 42.5 Å². The summed E-state index contributed by atoms with van der Waals surface area (Å²) in [6, 6.07) is 11.1. The van der Waals surface area contributed by atoms with Crippen molar-refractivity contribution in [1.29, 1.82) is 0 Å². The van der Waals surface area contributed by atoms with Crippen molar-refractivity contribution in [2.75, 3.05) is 25.1 Å². The monoisotopic (exact) mass is 432 g/mol. The molecule has 0 aromatic heterocycles. The Bertz CT molecular complexity index is 963. The van der Waals surface area contributed by atoms with E-state index in [1.165, 1.54) is 6.92 Å². The maximum atomic E-state index is 13.5. The van der Waals surface area contributed by atoms with E-state index in [9.17, 15) is 18.4 Å². The van der Waals surface area contributed by atoms with Crippen molar-refractivity contribution in [2.24, 2.45) is 0 Å². The Hall–Kier alpha value is -3.16. The molecule has 0 radical (unpaired) electrons. The molecule has 2 amide bonds. The minimum Gasteiger partial charge on any atom is -0.490 e. The number of carbonyl (C=O) groups excluding carboxylic acids is 2. The van der Waals surface area contributed by atoms with E-state index in [0.717, 1.165) is 0 Å². The van der Waals surface area contributed by atoms with Gasteiger partial charge in [0.05, 0.1) is 25.2 Å². The third-order valence-electron chi connectivity index (χ3n) is 5.28. The molecule has 1 aliphatic carbocycles. The van der Waals surface area contributed by atoms with Gasteiger partial charge < -0.3 is 20.1 Å². The van der Waals surface area contributed by atoms with E-state index in [0.29, 0.717) is 41.5 Å². The number of amides is 2. The summed E-state index contributed by atoms with van der Waals surface area (Å²) in [4.78, 5) is 24.6. The molecule has 0 heterocycles. The van der Waals surface area contributed by atoms with Crippen LogP contribution in [0.1, 0.15) is 43.1 Å². The van der Waals surface area contributed by atoms with Crippen LogP contribution in [-0.2, 0) is 10.2 Å². The second-order valence-electron chi connectivity index (χ2n) is 7.55. The minimum absolute atomic E-state index is 0.172. The summed E-state index contributed by atoms with van der Waals surface area (Å²) < 4.78 is 38.0. The summed E-state index contributed by atoms with van der Waals surface area (Å²) in [5.41, 5.74) is 0.198. The SMILES string of the molecule is CCOc1ccc(C(=O)NCC(=O)Nc2ccc(C3(C)CC3(F)F)cc2)cc1OCC. The molecule has 0 saturated heterocycles. The molecule has 2 aromatic carbocycles. The summed E-state index contributed by atoms with van der Waals surface area (Å²) in [5, 5.41) is 5.19. The topological polar surface area (TPSA) is 76.7 Å². The zero-order valence-corrected chi connectivity index (χ0v) is 17.8. The Labute approximate surface area is 179 Å². The summed E-state index contributed by atoms with van der Waals surface area (Å²) in [6.07, 6.45) is -0.172. The molecular formula is C23H26F2N2O4. The number of carbonyl (C=O) groups is 2. The van der Waals surface area contributed by atoms with Crippen LogP contribution in [0.2, 0.25) is 0 Å². The van der Waals surface area contributed by atoms with Gasteiger partial charge in [-0.25, -0.2) is 8.78 Å². The molecule has 0 aliphatic heterocycles. The first-order valence-corrected chi connectivity index (χ1v) is 10.2. The minimum atomic E-state index is -2.69. The normalized spacial score (nSPS) is 18.7. The molecule has 2 aromatic rings. The van der Waals surface area contributed by atoms with Gasteiger partial charge in [-0.05, 0) is 56.7 Å². The molecule has 0 bridgehead atoms. The number of benzene rings is 2. The molecule has 1 saturated carbocycles. The summed E-state index contributed by atoms with van der Waals surface area (Å²) in [6.45, 7) is 5.85. The molecule has 6 nitrogen and oxygen atoms in total. The van der Waals surface area contributed by atoms with Crippen molar-refractivity contribution in [3.05, 3.63) is 53.6 Å². The smallest absolute Gasteiger partial charge is 0.258 e. The van der Waals surface area contributed by atoms with Crippen LogP contribution in [0.25, 0.3) is 0 Å². The summed E-state index contributed by atoms with van der Waals surface area (Å²) >= 11 is 0. The number of nitrogens with one attached hydrogen (secondary N) is 2. The lowest BCUT2D eigenvalue weighted by atomic mass is 9.97. The van der Waals surface area contributed by atoms with Crippen LogP contribution in [0, 0.1) is 0 Å². The Morgan fingerprint density at radius 2 is 1.61 bits per heavy atom. The fourth-order valence-electron chi connectivity index (χ4n) is 3.29. The van der Waals surface area contributed by atoms with E-state index in [2.05, 4.69) is 10.6 Å². The molecule has 1 unspecified atom stereocenters. The Morgan fingerprint density at radius 3 is 2.19 bits per heavy atom. The first kappa shape index (κ1) is 22.5. The van der Waals surface area contributed by atoms with Crippen LogP contribution >= 0.6 is 0 Å². The van der Waals surface area contributed by atoms with Crippen LogP contribution in [0.3, 0.4) is 0 Å². The third kappa shape index (κ3) is 4.95. The number of alkyl halides is 2. The van der Waals surface area contributed by atoms with Crippen LogP contribution in [-0.4, -0.2) is 37.5 Å². The molecule has 2 N–H and O–H groups in total. The maximum Gasteiger partial charge on any atom is 0.258 e. The zero-order valence-electron chi connectivity index (χ0n) is 17.8.